The molecule has 0 bridgehead atoms. The van der Waals surface area contributed by atoms with E-state index in [1.165, 1.54) is 23.5 Å². The molecule has 2 aromatic heterocycles. The largest absolute Gasteiger partial charge is 0.306 e. The third-order valence-corrected chi connectivity index (χ3v) is 6.28. The van der Waals surface area contributed by atoms with Crippen LogP contribution in [0, 0.1) is 12.7 Å². The van der Waals surface area contributed by atoms with Crippen LogP contribution in [0.2, 0.25) is 0 Å². The fraction of sp³-hybridized carbons (Fsp3) is 0.222. The maximum absolute atomic E-state index is 13.8. The van der Waals surface area contributed by atoms with Gasteiger partial charge in [0.05, 0.1) is 11.4 Å². The molecule has 1 aromatic carbocycles. The van der Waals surface area contributed by atoms with Crippen molar-refractivity contribution in [1.29, 1.82) is 0 Å². The predicted molar refractivity (Wildman–Crippen MR) is 101 cm³/mol. The first kappa shape index (κ1) is 17.1. The summed E-state index contributed by atoms with van der Waals surface area (Å²) in [6.07, 6.45) is 4.14. The van der Waals surface area contributed by atoms with Crippen LogP contribution in [-0.2, 0) is 0 Å². The van der Waals surface area contributed by atoms with Crippen LogP contribution in [0.15, 0.2) is 41.6 Å². The van der Waals surface area contributed by atoms with Crippen molar-refractivity contribution >= 4 is 34.7 Å². The fourth-order valence-corrected chi connectivity index (χ4v) is 4.72. The number of anilines is 1. The molecule has 132 valence electrons. The molecule has 0 spiro atoms. The van der Waals surface area contributed by atoms with Gasteiger partial charge in [-0.2, -0.15) is 0 Å². The third kappa shape index (κ3) is 3.22. The van der Waals surface area contributed by atoms with Crippen LogP contribution in [0.5, 0.6) is 0 Å². The summed E-state index contributed by atoms with van der Waals surface area (Å²) in [5, 5.41) is 0.607. The number of thioether (sulfide) groups is 1. The number of fused-ring (bicyclic) bond motifs is 1. The lowest BCUT2D eigenvalue weighted by Gasteiger charge is -2.22. The Bertz CT molecular complexity index is 961. The van der Waals surface area contributed by atoms with Crippen molar-refractivity contribution in [2.75, 3.05) is 17.2 Å². The summed E-state index contributed by atoms with van der Waals surface area (Å²) in [5.41, 5.74) is 1.26. The smallest absolute Gasteiger partial charge is 0.270 e. The van der Waals surface area contributed by atoms with Crippen LogP contribution in [0.3, 0.4) is 0 Å². The first-order valence-corrected chi connectivity index (χ1v) is 9.93. The monoisotopic (exact) mass is 386 g/mol. The van der Waals surface area contributed by atoms with Gasteiger partial charge in [-0.05, 0) is 43.4 Å². The van der Waals surface area contributed by atoms with Gasteiger partial charge in [-0.25, -0.2) is 19.3 Å². The molecule has 0 N–H and O–H groups in total. The van der Waals surface area contributed by atoms with Gasteiger partial charge in [0.25, 0.3) is 5.91 Å². The minimum Gasteiger partial charge on any atom is -0.306 e. The van der Waals surface area contributed by atoms with Crippen LogP contribution < -0.4 is 4.90 Å². The fourth-order valence-electron chi connectivity index (χ4n) is 2.78. The van der Waals surface area contributed by atoms with Crippen molar-refractivity contribution in [2.45, 2.75) is 18.2 Å². The van der Waals surface area contributed by atoms with Crippen LogP contribution in [0.25, 0.3) is 10.8 Å². The highest BCUT2D eigenvalue weighted by molar-refractivity contribution is 7.99. The number of hydrogen-bond donors (Lipinski definition) is 0. The number of aromatic nitrogens is 3. The summed E-state index contributed by atoms with van der Waals surface area (Å²) in [6, 6.07) is 6.34. The van der Waals surface area contributed by atoms with Crippen LogP contribution in [0.1, 0.15) is 21.8 Å². The van der Waals surface area contributed by atoms with E-state index in [9.17, 15) is 9.18 Å². The summed E-state index contributed by atoms with van der Waals surface area (Å²) in [7, 11) is 0. The normalized spacial score (nSPS) is 14.0. The predicted octanol–water partition coefficient (Wildman–Crippen LogP) is 4.19. The van der Waals surface area contributed by atoms with Gasteiger partial charge in [0, 0.05) is 23.8 Å². The topological polar surface area (TPSA) is 59.0 Å². The number of halogens is 1. The summed E-state index contributed by atoms with van der Waals surface area (Å²) in [6.45, 7) is 2.35. The summed E-state index contributed by atoms with van der Waals surface area (Å²) in [5.74, 6) is 0.894. The van der Waals surface area contributed by atoms with E-state index in [2.05, 4.69) is 15.0 Å². The van der Waals surface area contributed by atoms with Gasteiger partial charge in [0.2, 0.25) is 0 Å². The lowest BCUT2D eigenvalue weighted by molar-refractivity contribution is 0.0990. The molecule has 1 aliphatic rings. The molecule has 1 aliphatic heterocycles. The highest BCUT2D eigenvalue weighted by Gasteiger charge is 2.27. The van der Waals surface area contributed by atoms with E-state index in [1.54, 1.807) is 48.1 Å². The molecule has 1 amide bonds. The lowest BCUT2D eigenvalue weighted by Crippen LogP contribution is -2.31. The van der Waals surface area contributed by atoms with E-state index in [-0.39, 0.29) is 11.7 Å². The molecule has 0 fully saturated rings. The van der Waals surface area contributed by atoms with Gasteiger partial charge in [-0.1, -0.05) is 0 Å². The Morgan fingerprint density at radius 3 is 2.88 bits per heavy atom. The Hall–Kier alpha value is -2.32. The van der Waals surface area contributed by atoms with Gasteiger partial charge in [0.1, 0.15) is 10.7 Å². The Labute approximate surface area is 158 Å². The summed E-state index contributed by atoms with van der Waals surface area (Å²) < 4.78 is 13.8. The SMILES string of the molecule is Cc1nc(-c2ncccn2)sc1C(=O)N1CCCSc2ccc(F)cc21. The minimum absolute atomic E-state index is 0.156. The average Bonchev–Trinajstić information content (AvgIpc) is 2.92. The summed E-state index contributed by atoms with van der Waals surface area (Å²) in [4.78, 5) is 29.2. The lowest BCUT2D eigenvalue weighted by atomic mass is 10.2. The average molecular weight is 386 g/mol. The zero-order valence-electron chi connectivity index (χ0n) is 14.0. The van der Waals surface area contributed by atoms with Crippen molar-refractivity contribution < 1.29 is 9.18 Å². The van der Waals surface area contributed by atoms with E-state index in [1.807, 2.05) is 0 Å². The third-order valence-electron chi connectivity index (χ3n) is 3.99. The zero-order valence-corrected chi connectivity index (χ0v) is 15.6. The number of nitrogens with zero attached hydrogens (tertiary/aromatic N) is 4. The van der Waals surface area contributed by atoms with Crippen LogP contribution >= 0.6 is 23.1 Å². The second-order valence-corrected chi connectivity index (χ2v) is 7.91. The number of aryl methyl sites for hydroxylation is 1. The Morgan fingerprint density at radius 1 is 1.27 bits per heavy atom. The molecular weight excluding hydrogens is 371 g/mol. The number of carbonyl (C=O) groups is 1. The second-order valence-electron chi connectivity index (χ2n) is 5.78. The number of benzene rings is 1. The number of amides is 1. The number of thiazole rings is 1. The number of carbonyl (C=O) groups excluding carboxylic acids is 1. The van der Waals surface area contributed by atoms with Gasteiger partial charge in [-0.3, -0.25) is 4.79 Å². The molecule has 0 aliphatic carbocycles. The molecule has 0 unspecified atom stereocenters. The molecule has 0 atom stereocenters. The maximum Gasteiger partial charge on any atom is 0.270 e. The Kier molecular flexibility index (Phi) is 4.69. The molecule has 5 nitrogen and oxygen atoms in total. The van der Waals surface area contributed by atoms with Crippen molar-refractivity contribution in [3.63, 3.8) is 0 Å². The molecule has 3 aromatic rings. The molecule has 8 heteroatoms. The van der Waals surface area contributed by atoms with Gasteiger partial charge in [0.15, 0.2) is 10.8 Å². The van der Waals surface area contributed by atoms with Crippen molar-refractivity contribution in [3.8, 4) is 10.8 Å². The standard InChI is InChI=1S/C18H15FN4OS2/c1-11-15(26-17(22-11)16-20-6-2-7-21-16)18(24)23-8-3-9-25-14-5-4-12(19)10-13(14)23/h2,4-7,10H,3,8-9H2,1H3. The van der Waals surface area contributed by atoms with Crippen molar-refractivity contribution in [3.05, 3.63) is 53.0 Å². The van der Waals surface area contributed by atoms with E-state index < -0.39 is 0 Å². The number of rotatable bonds is 2. The first-order valence-electron chi connectivity index (χ1n) is 8.12. The molecule has 0 saturated carbocycles. The quantitative estimate of drug-likeness (QED) is 0.661. The molecule has 0 saturated heterocycles. The van der Waals surface area contributed by atoms with E-state index in [4.69, 9.17) is 0 Å². The Balaban J connectivity index is 1.73. The summed E-state index contributed by atoms with van der Waals surface area (Å²) >= 11 is 2.92. The molecule has 26 heavy (non-hydrogen) atoms. The first-order chi connectivity index (χ1) is 12.6. The maximum atomic E-state index is 13.8. The van der Waals surface area contributed by atoms with E-state index >= 15 is 0 Å². The molecular formula is C18H15FN4OS2. The van der Waals surface area contributed by atoms with Gasteiger partial charge < -0.3 is 4.90 Å². The number of hydrogen-bond acceptors (Lipinski definition) is 6. The molecule has 0 radical (unpaired) electrons. The van der Waals surface area contributed by atoms with E-state index in [0.29, 0.717) is 33.6 Å². The minimum atomic E-state index is -0.344. The van der Waals surface area contributed by atoms with Crippen molar-refractivity contribution in [2.24, 2.45) is 0 Å². The van der Waals surface area contributed by atoms with Gasteiger partial charge in [-0.15, -0.1) is 23.1 Å². The molecule has 4 rings (SSSR count). The van der Waals surface area contributed by atoms with Crippen molar-refractivity contribution in [1.82, 2.24) is 15.0 Å². The van der Waals surface area contributed by atoms with E-state index in [0.717, 1.165) is 17.1 Å². The highest BCUT2D eigenvalue weighted by atomic mass is 32.2. The highest BCUT2D eigenvalue weighted by Crippen LogP contribution is 2.36. The Morgan fingerprint density at radius 2 is 2.08 bits per heavy atom. The second kappa shape index (κ2) is 7.13. The molecule has 3 heterocycles. The van der Waals surface area contributed by atoms with Crippen LogP contribution in [-0.4, -0.2) is 33.2 Å². The van der Waals surface area contributed by atoms with Crippen LogP contribution in [0.4, 0.5) is 10.1 Å². The zero-order chi connectivity index (χ0) is 18.1. The van der Waals surface area contributed by atoms with Gasteiger partial charge >= 0.3 is 0 Å².